The highest BCUT2D eigenvalue weighted by Crippen LogP contribution is 2.38. The molecule has 2 atom stereocenters. The van der Waals surface area contributed by atoms with E-state index in [9.17, 15) is 14.4 Å². The monoisotopic (exact) mass is 401 g/mol. The zero-order chi connectivity index (χ0) is 19.7. The predicted molar refractivity (Wildman–Crippen MR) is 106 cm³/mol. The maximum Gasteiger partial charge on any atom is 0.233 e. The Kier molecular flexibility index (Phi) is 5.30. The fourth-order valence-electron chi connectivity index (χ4n) is 4.06. The number of anilines is 1. The molecule has 28 heavy (non-hydrogen) atoms. The Morgan fingerprint density at radius 1 is 1.25 bits per heavy atom. The summed E-state index contributed by atoms with van der Waals surface area (Å²) in [6.45, 7) is 2.65. The number of carbonyl (C=O) groups excluding carboxylic acids is 3. The third-order valence-electron chi connectivity index (χ3n) is 5.41. The standard InChI is InChI=1S/C20H23N3O4S/c1-2-27-12-7-8-15-16(11-12)28-20(21-15)22-17(24)9-10-23-18(25)13-5-3-4-6-14(13)19(23)26/h7-8,11,13-14H,2-6,9-10H2,1H3,(H,21,22,24)/t13-,14-/m0/s1. The fraction of sp³-hybridized carbons (Fsp3) is 0.500. The highest BCUT2D eigenvalue weighted by molar-refractivity contribution is 7.22. The van der Waals surface area contributed by atoms with Crippen LogP contribution in [0.2, 0.25) is 0 Å². The molecule has 2 aromatic rings. The molecule has 7 nitrogen and oxygen atoms in total. The second kappa shape index (κ2) is 7.87. The van der Waals surface area contributed by atoms with Crippen LogP contribution in [0.3, 0.4) is 0 Å². The van der Waals surface area contributed by atoms with Crippen LogP contribution in [-0.2, 0) is 14.4 Å². The molecule has 1 saturated heterocycles. The maximum atomic E-state index is 12.5. The van der Waals surface area contributed by atoms with Gasteiger partial charge in [0.05, 0.1) is 28.7 Å². The fourth-order valence-corrected chi connectivity index (χ4v) is 4.97. The van der Waals surface area contributed by atoms with Gasteiger partial charge in [-0.25, -0.2) is 4.98 Å². The number of imide groups is 1. The van der Waals surface area contributed by atoms with Crippen molar-refractivity contribution in [3.8, 4) is 5.75 Å². The maximum absolute atomic E-state index is 12.5. The number of nitrogens with one attached hydrogen (secondary N) is 1. The van der Waals surface area contributed by atoms with Gasteiger partial charge in [-0.3, -0.25) is 19.3 Å². The molecule has 1 aliphatic heterocycles. The summed E-state index contributed by atoms with van der Waals surface area (Å²) in [4.78, 5) is 43.0. The minimum absolute atomic E-state index is 0.0804. The molecular weight excluding hydrogens is 378 g/mol. The number of fused-ring (bicyclic) bond motifs is 2. The minimum atomic E-state index is -0.250. The predicted octanol–water partition coefficient (Wildman–Crippen LogP) is 3.20. The molecule has 1 aromatic carbocycles. The second-order valence-corrected chi connectivity index (χ2v) is 8.24. The first-order valence-corrected chi connectivity index (χ1v) is 10.6. The molecule has 0 unspecified atom stereocenters. The summed E-state index contributed by atoms with van der Waals surface area (Å²) in [5.41, 5.74) is 0.790. The van der Waals surface area contributed by atoms with Crippen LogP contribution in [0.1, 0.15) is 39.0 Å². The quantitative estimate of drug-likeness (QED) is 0.751. The number of nitrogens with zero attached hydrogens (tertiary/aromatic N) is 2. The van der Waals surface area contributed by atoms with E-state index in [0.717, 1.165) is 41.6 Å². The summed E-state index contributed by atoms with van der Waals surface area (Å²) in [7, 11) is 0. The van der Waals surface area contributed by atoms with Crippen molar-refractivity contribution in [2.45, 2.75) is 39.0 Å². The number of likely N-dealkylation sites (tertiary alicyclic amines) is 1. The lowest BCUT2D eigenvalue weighted by Gasteiger charge is -2.19. The van der Waals surface area contributed by atoms with Crippen LogP contribution in [0.5, 0.6) is 5.75 Å². The molecule has 0 radical (unpaired) electrons. The van der Waals surface area contributed by atoms with Crippen molar-refractivity contribution in [1.82, 2.24) is 9.88 Å². The molecule has 0 bridgehead atoms. The largest absolute Gasteiger partial charge is 0.494 e. The van der Waals surface area contributed by atoms with E-state index < -0.39 is 0 Å². The van der Waals surface area contributed by atoms with Gasteiger partial charge in [0.25, 0.3) is 0 Å². The van der Waals surface area contributed by atoms with Gasteiger partial charge in [0.2, 0.25) is 17.7 Å². The van der Waals surface area contributed by atoms with Gasteiger partial charge in [-0.1, -0.05) is 24.2 Å². The molecule has 1 saturated carbocycles. The van der Waals surface area contributed by atoms with E-state index in [4.69, 9.17) is 4.74 Å². The molecule has 2 fully saturated rings. The smallest absolute Gasteiger partial charge is 0.233 e. The van der Waals surface area contributed by atoms with Gasteiger partial charge in [0, 0.05) is 13.0 Å². The van der Waals surface area contributed by atoms with Crippen molar-refractivity contribution in [3.63, 3.8) is 0 Å². The Morgan fingerprint density at radius 2 is 1.96 bits per heavy atom. The van der Waals surface area contributed by atoms with Gasteiger partial charge in [0.1, 0.15) is 5.75 Å². The summed E-state index contributed by atoms with van der Waals surface area (Å²) in [5.74, 6) is -0.0401. The van der Waals surface area contributed by atoms with Crippen LogP contribution < -0.4 is 10.1 Å². The lowest BCUT2D eigenvalue weighted by Crippen LogP contribution is -2.34. The van der Waals surface area contributed by atoms with Crippen molar-refractivity contribution in [2.24, 2.45) is 11.8 Å². The topological polar surface area (TPSA) is 88.6 Å². The van der Waals surface area contributed by atoms with E-state index >= 15 is 0 Å². The lowest BCUT2D eigenvalue weighted by molar-refractivity contribution is -0.140. The summed E-state index contributed by atoms with van der Waals surface area (Å²) in [6, 6.07) is 5.60. The number of benzene rings is 1. The normalized spacial score (nSPS) is 21.8. The number of aromatic nitrogens is 1. The summed E-state index contributed by atoms with van der Waals surface area (Å²) in [6.07, 6.45) is 3.64. The Bertz CT molecular complexity index is 901. The van der Waals surface area contributed by atoms with E-state index in [2.05, 4.69) is 10.3 Å². The van der Waals surface area contributed by atoms with Crippen LogP contribution in [0.25, 0.3) is 10.2 Å². The Morgan fingerprint density at radius 3 is 2.64 bits per heavy atom. The Labute approximate surface area is 167 Å². The van der Waals surface area contributed by atoms with Crippen LogP contribution in [-0.4, -0.2) is 40.8 Å². The van der Waals surface area contributed by atoms with E-state index in [0.29, 0.717) is 11.7 Å². The molecule has 3 amide bonds. The summed E-state index contributed by atoms with van der Waals surface area (Å²) >= 11 is 1.37. The van der Waals surface area contributed by atoms with Crippen LogP contribution in [0, 0.1) is 11.8 Å². The van der Waals surface area contributed by atoms with Gasteiger partial charge in [-0.2, -0.15) is 0 Å². The molecule has 2 aliphatic rings. The molecule has 1 N–H and O–H groups in total. The van der Waals surface area contributed by atoms with Gasteiger partial charge < -0.3 is 10.1 Å². The minimum Gasteiger partial charge on any atom is -0.494 e. The van der Waals surface area contributed by atoms with Crippen molar-refractivity contribution in [2.75, 3.05) is 18.5 Å². The summed E-state index contributed by atoms with van der Waals surface area (Å²) in [5, 5.41) is 3.28. The molecule has 0 spiro atoms. The zero-order valence-electron chi connectivity index (χ0n) is 15.8. The zero-order valence-corrected chi connectivity index (χ0v) is 16.6. The van der Waals surface area contributed by atoms with Crippen molar-refractivity contribution < 1.29 is 19.1 Å². The molecule has 4 rings (SSSR count). The van der Waals surface area contributed by atoms with Gasteiger partial charge >= 0.3 is 0 Å². The average Bonchev–Trinajstić information content (AvgIpc) is 3.19. The number of hydrogen-bond acceptors (Lipinski definition) is 6. The first-order valence-electron chi connectivity index (χ1n) is 9.75. The summed E-state index contributed by atoms with van der Waals surface area (Å²) < 4.78 is 6.41. The first kappa shape index (κ1) is 18.9. The molecule has 8 heteroatoms. The number of rotatable bonds is 6. The molecule has 1 aliphatic carbocycles. The van der Waals surface area contributed by atoms with E-state index in [-0.39, 0.29) is 42.5 Å². The van der Waals surface area contributed by atoms with Crippen molar-refractivity contribution in [1.29, 1.82) is 0 Å². The van der Waals surface area contributed by atoms with Gasteiger partial charge in [-0.15, -0.1) is 0 Å². The van der Waals surface area contributed by atoms with Gasteiger partial charge in [0.15, 0.2) is 5.13 Å². The Balaban J connectivity index is 1.36. The first-order chi connectivity index (χ1) is 13.6. The van der Waals surface area contributed by atoms with Crippen LogP contribution in [0.4, 0.5) is 5.13 Å². The van der Waals surface area contributed by atoms with Crippen molar-refractivity contribution in [3.05, 3.63) is 18.2 Å². The number of carbonyl (C=O) groups is 3. The number of hydrogen-bond donors (Lipinski definition) is 1. The molecule has 1 aromatic heterocycles. The highest BCUT2D eigenvalue weighted by atomic mass is 32.1. The van der Waals surface area contributed by atoms with Crippen LogP contribution in [0.15, 0.2) is 18.2 Å². The van der Waals surface area contributed by atoms with Gasteiger partial charge in [-0.05, 0) is 38.0 Å². The number of amides is 3. The second-order valence-electron chi connectivity index (χ2n) is 7.21. The third-order valence-corrected chi connectivity index (χ3v) is 6.35. The molecular formula is C20H23N3O4S. The van der Waals surface area contributed by atoms with Crippen molar-refractivity contribution >= 4 is 44.4 Å². The average molecular weight is 401 g/mol. The van der Waals surface area contributed by atoms with E-state index in [1.165, 1.54) is 16.2 Å². The number of thiazole rings is 1. The van der Waals surface area contributed by atoms with E-state index in [1.54, 1.807) is 0 Å². The third kappa shape index (κ3) is 3.61. The molecule has 2 heterocycles. The number of ether oxygens (including phenoxy) is 1. The lowest BCUT2D eigenvalue weighted by atomic mass is 9.81. The SMILES string of the molecule is CCOc1ccc2nc(NC(=O)CCN3C(=O)[C@H]4CCCC[C@@H]4C3=O)sc2c1. The molecule has 148 valence electrons. The highest BCUT2D eigenvalue weighted by Gasteiger charge is 2.47. The van der Waals surface area contributed by atoms with E-state index in [1.807, 2.05) is 25.1 Å². The van der Waals surface area contributed by atoms with Crippen LogP contribution >= 0.6 is 11.3 Å². The Hall–Kier alpha value is -2.48.